The summed E-state index contributed by atoms with van der Waals surface area (Å²) in [5.74, 6) is 1.35. The quantitative estimate of drug-likeness (QED) is 0.616. The molecule has 0 radical (unpaired) electrons. The van der Waals surface area contributed by atoms with Crippen LogP contribution in [0.15, 0.2) is 12.1 Å². The molecule has 1 atom stereocenters. The van der Waals surface area contributed by atoms with Crippen LogP contribution in [0, 0.1) is 5.92 Å². The number of imidazole rings is 1. The highest BCUT2D eigenvalue weighted by Gasteiger charge is 2.27. The Hall–Kier alpha value is -1.33. The van der Waals surface area contributed by atoms with Gasteiger partial charge in [-0.15, -0.1) is 0 Å². The van der Waals surface area contributed by atoms with Crippen molar-refractivity contribution >= 4 is 28.7 Å². The second kappa shape index (κ2) is 6.89. The second-order valence-corrected chi connectivity index (χ2v) is 7.65. The molecule has 2 aliphatic carbocycles. The van der Waals surface area contributed by atoms with Crippen LogP contribution in [0.2, 0.25) is 5.15 Å². The van der Waals surface area contributed by atoms with E-state index < -0.39 is 6.23 Å². The summed E-state index contributed by atoms with van der Waals surface area (Å²) >= 11 is 6.08. The molecule has 130 valence electrons. The van der Waals surface area contributed by atoms with Gasteiger partial charge in [-0.2, -0.15) is 0 Å². The summed E-state index contributed by atoms with van der Waals surface area (Å²) in [5, 5.41) is 14.2. The number of pyridine rings is 1. The maximum Gasteiger partial charge on any atom is 0.207 e. The van der Waals surface area contributed by atoms with Gasteiger partial charge in [-0.05, 0) is 43.7 Å². The molecular weight excluding hydrogens is 324 g/mol. The summed E-state index contributed by atoms with van der Waals surface area (Å²) in [6.07, 6.45) is 10.1. The molecule has 2 heterocycles. The van der Waals surface area contributed by atoms with Gasteiger partial charge in [0.1, 0.15) is 16.9 Å². The first-order valence-corrected chi connectivity index (χ1v) is 9.57. The third-order valence-corrected chi connectivity index (χ3v) is 5.73. The van der Waals surface area contributed by atoms with E-state index in [1.54, 1.807) is 6.07 Å². The fraction of sp³-hybridized carbons (Fsp3) is 0.667. The lowest BCUT2D eigenvalue weighted by molar-refractivity contribution is 0.152. The highest BCUT2D eigenvalue weighted by atomic mass is 35.5. The second-order valence-electron chi connectivity index (χ2n) is 7.27. The van der Waals surface area contributed by atoms with Crippen LogP contribution in [0.25, 0.3) is 11.2 Å². The molecule has 2 saturated carbocycles. The normalized spacial score (nSPS) is 20.9. The van der Waals surface area contributed by atoms with Crippen LogP contribution < -0.4 is 5.32 Å². The molecule has 6 heteroatoms. The minimum atomic E-state index is -0.556. The van der Waals surface area contributed by atoms with Crippen LogP contribution in [-0.4, -0.2) is 25.9 Å². The van der Waals surface area contributed by atoms with Crippen molar-refractivity contribution in [3.63, 3.8) is 0 Å². The lowest BCUT2D eigenvalue weighted by Crippen LogP contribution is -2.27. The Labute approximate surface area is 147 Å². The van der Waals surface area contributed by atoms with Crippen molar-refractivity contribution in [1.29, 1.82) is 0 Å². The number of anilines is 1. The molecule has 24 heavy (non-hydrogen) atoms. The number of hydrogen-bond acceptors (Lipinski definition) is 4. The van der Waals surface area contributed by atoms with Gasteiger partial charge in [0, 0.05) is 6.04 Å². The Balaban J connectivity index is 1.56. The molecular formula is C18H25ClN4O. The highest BCUT2D eigenvalue weighted by molar-refractivity contribution is 6.29. The number of aliphatic hydroxyl groups excluding tert-OH is 1. The molecule has 2 fully saturated rings. The number of halogens is 1. The average Bonchev–Trinajstić information content (AvgIpc) is 2.84. The van der Waals surface area contributed by atoms with Crippen molar-refractivity contribution in [2.24, 2.45) is 5.92 Å². The van der Waals surface area contributed by atoms with Gasteiger partial charge in [0.25, 0.3) is 0 Å². The molecule has 2 aliphatic rings. The van der Waals surface area contributed by atoms with E-state index in [4.69, 9.17) is 11.6 Å². The minimum Gasteiger partial charge on any atom is -0.374 e. The van der Waals surface area contributed by atoms with Crippen molar-refractivity contribution < 1.29 is 5.11 Å². The standard InChI is InChI=1S/C18H25ClN4O/c19-15-10-9-14-17(21-15)23(13-7-4-8-13)18(20-14)22-16(24)11-12-5-2-1-3-6-12/h9-10,12-13,16,24H,1-8,11H2,(H,20,22). The summed E-state index contributed by atoms with van der Waals surface area (Å²) in [5.41, 5.74) is 1.65. The first-order chi connectivity index (χ1) is 11.7. The fourth-order valence-corrected chi connectivity index (χ4v) is 4.13. The van der Waals surface area contributed by atoms with E-state index in [0.717, 1.165) is 36.4 Å². The zero-order valence-corrected chi connectivity index (χ0v) is 14.7. The third-order valence-electron chi connectivity index (χ3n) is 5.52. The molecule has 0 bridgehead atoms. The predicted octanol–water partition coefficient (Wildman–Crippen LogP) is 4.51. The monoisotopic (exact) mass is 348 g/mol. The van der Waals surface area contributed by atoms with E-state index in [9.17, 15) is 5.11 Å². The topological polar surface area (TPSA) is 63.0 Å². The summed E-state index contributed by atoms with van der Waals surface area (Å²) in [4.78, 5) is 9.13. The Morgan fingerprint density at radius 2 is 1.92 bits per heavy atom. The molecule has 0 spiro atoms. The van der Waals surface area contributed by atoms with Gasteiger partial charge in [0.05, 0.1) is 0 Å². The van der Waals surface area contributed by atoms with Crippen molar-refractivity contribution in [3.8, 4) is 0 Å². The Kier molecular flexibility index (Phi) is 4.63. The van der Waals surface area contributed by atoms with Gasteiger partial charge in [-0.25, -0.2) is 9.97 Å². The molecule has 2 N–H and O–H groups in total. The largest absolute Gasteiger partial charge is 0.374 e. The van der Waals surface area contributed by atoms with Gasteiger partial charge in [-0.3, -0.25) is 4.57 Å². The van der Waals surface area contributed by atoms with Crippen molar-refractivity contribution in [1.82, 2.24) is 14.5 Å². The smallest absolute Gasteiger partial charge is 0.207 e. The molecule has 5 nitrogen and oxygen atoms in total. The highest BCUT2D eigenvalue weighted by Crippen LogP contribution is 2.37. The molecule has 0 aromatic carbocycles. The predicted molar refractivity (Wildman–Crippen MR) is 96.2 cm³/mol. The minimum absolute atomic E-state index is 0.408. The molecule has 2 aromatic heterocycles. The molecule has 0 amide bonds. The van der Waals surface area contributed by atoms with E-state index in [1.807, 2.05) is 6.07 Å². The number of aromatic nitrogens is 3. The number of nitrogens with one attached hydrogen (secondary N) is 1. The summed E-state index contributed by atoms with van der Waals surface area (Å²) in [6, 6.07) is 4.08. The molecule has 2 aromatic rings. The van der Waals surface area contributed by atoms with Crippen LogP contribution in [0.3, 0.4) is 0 Å². The van der Waals surface area contributed by atoms with Crippen LogP contribution in [-0.2, 0) is 0 Å². The van der Waals surface area contributed by atoms with E-state index in [-0.39, 0.29) is 0 Å². The lowest BCUT2D eigenvalue weighted by Gasteiger charge is -2.30. The first kappa shape index (κ1) is 16.2. The summed E-state index contributed by atoms with van der Waals surface area (Å²) in [6.45, 7) is 0. The van der Waals surface area contributed by atoms with Gasteiger partial charge in [0.15, 0.2) is 5.65 Å². The number of nitrogens with zero attached hydrogens (tertiary/aromatic N) is 3. The van der Waals surface area contributed by atoms with Crippen LogP contribution in [0.5, 0.6) is 0 Å². The number of fused-ring (bicyclic) bond motifs is 1. The number of hydrogen-bond donors (Lipinski definition) is 2. The zero-order chi connectivity index (χ0) is 16.5. The van der Waals surface area contributed by atoms with E-state index in [1.165, 1.54) is 38.5 Å². The van der Waals surface area contributed by atoms with Crippen LogP contribution >= 0.6 is 11.6 Å². The number of aliphatic hydroxyl groups is 1. The van der Waals surface area contributed by atoms with Crippen molar-refractivity contribution in [2.75, 3.05) is 5.32 Å². The van der Waals surface area contributed by atoms with E-state index in [0.29, 0.717) is 17.1 Å². The SMILES string of the molecule is OC(CC1CCCCC1)Nc1nc2ccc(Cl)nc2n1C1CCC1. The van der Waals surface area contributed by atoms with Crippen LogP contribution in [0.4, 0.5) is 5.95 Å². The molecule has 4 rings (SSSR count). The van der Waals surface area contributed by atoms with Gasteiger partial charge >= 0.3 is 0 Å². The fourth-order valence-electron chi connectivity index (χ4n) is 3.99. The Morgan fingerprint density at radius 1 is 1.12 bits per heavy atom. The van der Waals surface area contributed by atoms with Crippen LogP contribution in [0.1, 0.15) is 63.8 Å². The summed E-state index contributed by atoms with van der Waals surface area (Å²) in [7, 11) is 0. The summed E-state index contributed by atoms with van der Waals surface area (Å²) < 4.78 is 2.13. The van der Waals surface area contributed by atoms with Gasteiger partial charge in [0.2, 0.25) is 5.95 Å². The van der Waals surface area contributed by atoms with Gasteiger partial charge < -0.3 is 10.4 Å². The van der Waals surface area contributed by atoms with Crippen molar-refractivity contribution in [3.05, 3.63) is 17.3 Å². The average molecular weight is 349 g/mol. The maximum atomic E-state index is 10.5. The lowest BCUT2D eigenvalue weighted by atomic mass is 9.86. The van der Waals surface area contributed by atoms with E-state index in [2.05, 4.69) is 19.9 Å². The van der Waals surface area contributed by atoms with Crippen molar-refractivity contribution in [2.45, 2.75) is 70.1 Å². The Bertz CT molecular complexity index is 706. The van der Waals surface area contributed by atoms with Gasteiger partial charge in [-0.1, -0.05) is 43.7 Å². The molecule has 0 saturated heterocycles. The maximum absolute atomic E-state index is 10.5. The molecule has 1 unspecified atom stereocenters. The van der Waals surface area contributed by atoms with E-state index >= 15 is 0 Å². The Morgan fingerprint density at radius 3 is 2.62 bits per heavy atom. The third kappa shape index (κ3) is 3.24. The molecule has 0 aliphatic heterocycles. The zero-order valence-electron chi connectivity index (χ0n) is 13.9. The first-order valence-electron chi connectivity index (χ1n) is 9.20. The number of rotatable bonds is 5.